The van der Waals surface area contributed by atoms with E-state index in [1.54, 1.807) is 18.3 Å². The predicted molar refractivity (Wildman–Crippen MR) is 94.2 cm³/mol. The van der Waals surface area contributed by atoms with Crippen LogP contribution in [-0.4, -0.2) is 66.0 Å². The number of anilines is 2. The van der Waals surface area contributed by atoms with Gasteiger partial charge in [-0.25, -0.2) is 4.39 Å². The van der Waals surface area contributed by atoms with Crippen LogP contribution in [0.1, 0.15) is 5.56 Å². The molecule has 134 valence electrons. The van der Waals surface area contributed by atoms with Gasteiger partial charge in [-0.15, -0.1) is 5.10 Å². The van der Waals surface area contributed by atoms with Gasteiger partial charge in [-0.3, -0.25) is 4.90 Å². The van der Waals surface area contributed by atoms with Crippen LogP contribution in [0.3, 0.4) is 0 Å². The van der Waals surface area contributed by atoms with Crippen LogP contribution in [0.2, 0.25) is 0 Å². The molecule has 7 nitrogen and oxygen atoms in total. The van der Waals surface area contributed by atoms with Gasteiger partial charge >= 0.3 is 0 Å². The van der Waals surface area contributed by atoms with E-state index in [1.165, 1.54) is 6.07 Å². The van der Waals surface area contributed by atoms with E-state index < -0.39 is 0 Å². The first-order valence-electron chi connectivity index (χ1n) is 8.52. The summed E-state index contributed by atoms with van der Waals surface area (Å²) in [5.74, 6) is 0.922. The van der Waals surface area contributed by atoms with Crippen LogP contribution in [0.15, 0.2) is 30.5 Å². The van der Waals surface area contributed by atoms with Crippen molar-refractivity contribution in [2.24, 2.45) is 0 Å². The van der Waals surface area contributed by atoms with Gasteiger partial charge in [-0.1, -0.05) is 18.2 Å². The van der Waals surface area contributed by atoms with Crippen LogP contribution in [0.4, 0.5) is 16.2 Å². The van der Waals surface area contributed by atoms with Gasteiger partial charge in [0.2, 0.25) is 5.95 Å². The molecule has 1 aliphatic rings. The Morgan fingerprint density at radius 2 is 1.96 bits per heavy atom. The zero-order valence-corrected chi connectivity index (χ0v) is 14.1. The van der Waals surface area contributed by atoms with Gasteiger partial charge in [0.1, 0.15) is 5.82 Å². The summed E-state index contributed by atoms with van der Waals surface area (Å²) in [4.78, 5) is 6.72. The molecule has 8 heteroatoms. The first-order chi connectivity index (χ1) is 12.3. The van der Waals surface area contributed by atoms with Gasteiger partial charge in [-0.05, 0) is 18.1 Å². The molecule has 0 aliphatic carbocycles. The van der Waals surface area contributed by atoms with E-state index in [0.29, 0.717) is 30.3 Å². The molecule has 25 heavy (non-hydrogen) atoms. The number of nitrogens with one attached hydrogen (secondary N) is 2. The van der Waals surface area contributed by atoms with Crippen molar-refractivity contribution < 1.29 is 9.13 Å². The fourth-order valence-corrected chi connectivity index (χ4v) is 2.64. The summed E-state index contributed by atoms with van der Waals surface area (Å²) in [6.07, 6.45) is 2.16. The second-order valence-corrected chi connectivity index (χ2v) is 5.81. The van der Waals surface area contributed by atoms with Gasteiger partial charge in [-0.2, -0.15) is 10.1 Å². The Kier molecular flexibility index (Phi) is 6.47. The van der Waals surface area contributed by atoms with Gasteiger partial charge in [0.05, 0.1) is 19.4 Å². The average molecular weight is 346 g/mol. The van der Waals surface area contributed by atoms with E-state index in [0.717, 1.165) is 39.4 Å². The lowest BCUT2D eigenvalue weighted by atomic mass is 10.1. The smallest absolute Gasteiger partial charge is 0.244 e. The summed E-state index contributed by atoms with van der Waals surface area (Å²) in [5.41, 5.74) is 0.669. The second kappa shape index (κ2) is 9.24. The number of halogens is 1. The number of rotatable bonds is 8. The number of benzene rings is 1. The first kappa shape index (κ1) is 17.5. The Morgan fingerprint density at radius 3 is 2.80 bits per heavy atom. The van der Waals surface area contributed by atoms with E-state index in [2.05, 4.69) is 30.7 Å². The lowest BCUT2D eigenvalue weighted by molar-refractivity contribution is 0.0398. The van der Waals surface area contributed by atoms with Crippen LogP contribution in [0.25, 0.3) is 0 Å². The average Bonchev–Trinajstić information content (AvgIpc) is 2.65. The van der Waals surface area contributed by atoms with Crippen molar-refractivity contribution in [2.75, 3.05) is 56.6 Å². The van der Waals surface area contributed by atoms with Crippen molar-refractivity contribution in [1.82, 2.24) is 20.1 Å². The number of hydrogen-bond acceptors (Lipinski definition) is 7. The van der Waals surface area contributed by atoms with Crippen LogP contribution >= 0.6 is 0 Å². The second-order valence-electron chi connectivity index (χ2n) is 5.81. The Balaban J connectivity index is 1.42. The molecule has 0 spiro atoms. The molecule has 0 saturated carbocycles. The molecule has 3 rings (SSSR count). The van der Waals surface area contributed by atoms with Crippen molar-refractivity contribution >= 4 is 11.8 Å². The monoisotopic (exact) mass is 346 g/mol. The molecule has 1 aliphatic heterocycles. The molecule has 1 aromatic heterocycles. The molecule has 1 fully saturated rings. The van der Waals surface area contributed by atoms with E-state index in [-0.39, 0.29) is 5.82 Å². The molecule has 0 atom stereocenters. The normalized spacial score (nSPS) is 15.1. The van der Waals surface area contributed by atoms with Crippen molar-refractivity contribution in [2.45, 2.75) is 6.42 Å². The number of nitrogens with zero attached hydrogens (tertiary/aromatic N) is 4. The maximum atomic E-state index is 13.6. The first-order valence-corrected chi connectivity index (χ1v) is 8.52. The van der Waals surface area contributed by atoms with E-state index in [1.807, 2.05) is 6.07 Å². The zero-order valence-electron chi connectivity index (χ0n) is 14.1. The summed E-state index contributed by atoms with van der Waals surface area (Å²) in [7, 11) is 0. The Bertz CT molecular complexity index is 665. The molecule has 0 unspecified atom stereocenters. The Hall–Kier alpha value is -2.32. The van der Waals surface area contributed by atoms with Crippen molar-refractivity contribution in [1.29, 1.82) is 0 Å². The third-order valence-corrected chi connectivity index (χ3v) is 4.03. The van der Waals surface area contributed by atoms with Crippen LogP contribution in [0.5, 0.6) is 0 Å². The third kappa shape index (κ3) is 5.61. The summed E-state index contributed by atoms with van der Waals surface area (Å²) in [6.45, 7) is 5.78. The topological polar surface area (TPSA) is 75.2 Å². The fourth-order valence-electron chi connectivity index (χ4n) is 2.64. The highest BCUT2D eigenvalue weighted by atomic mass is 19.1. The molecule has 0 amide bonds. The predicted octanol–water partition coefficient (Wildman–Crippen LogP) is 1.41. The van der Waals surface area contributed by atoms with E-state index in [9.17, 15) is 4.39 Å². The van der Waals surface area contributed by atoms with Crippen molar-refractivity contribution in [3.8, 4) is 0 Å². The van der Waals surface area contributed by atoms with Crippen LogP contribution in [-0.2, 0) is 11.2 Å². The number of morpholine rings is 1. The van der Waals surface area contributed by atoms with Gasteiger partial charge in [0.15, 0.2) is 5.82 Å². The van der Waals surface area contributed by atoms with E-state index >= 15 is 0 Å². The molecule has 0 bridgehead atoms. The fraction of sp³-hybridized carbons (Fsp3) is 0.471. The quantitative estimate of drug-likeness (QED) is 0.748. The molecular weight excluding hydrogens is 323 g/mol. The number of aromatic nitrogens is 3. The summed E-state index contributed by atoms with van der Waals surface area (Å²) in [5, 5.41) is 14.2. The Morgan fingerprint density at radius 1 is 1.12 bits per heavy atom. The third-order valence-electron chi connectivity index (χ3n) is 4.03. The molecule has 0 radical (unpaired) electrons. The highest BCUT2D eigenvalue weighted by Gasteiger charge is 2.09. The highest BCUT2D eigenvalue weighted by Crippen LogP contribution is 2.08. The van der Waals surface area contributed by atoms with Crippen LogP contribution in [0, 0.1) is 5.82 Å². The van der Waals surface area contributed by atoms with Gasteiger partial charge < -0.3 is 15.4 Å². The van der Waals surface area contributed by atoms with Crippen LogP contribution < -0.4 is 10.6 Å². The molecular formula is C17H23FN6O. The standard InChI is InChI=1S/C17H23FN6O/c18-15-4-2-1-3-14(15)5-6-20-17-22-16(13-21-23-17)19-7-8-24-9-11-25-12-10-24/h1-4,13H,5-12H2,(H2,19,20,22,23). The molecule has 2 aromatic rings. The minimum absolute atomic E-state index is 0.193. The maximum Gasteiger partial charge on any atom is 0.244 e. The van der Waals surface area contributed by atoms with E-state index in [4.69, 9.17) is 4.74 Å². The Labute approximate surface area is 146 Å². The van der Waals surface area contributed by atoms with Crippen molar-refractivity contribution in [3.63, 3.8) is 0 Å². The molecule has 1 aromatic carbocycles. The SMILES string of the molecule is Fc1ccccc1CCNc1nncc(NCCN2CCOCC2)n1. The summed E-state index contributed by atoms with van der Waals surface area (Å²) >= 11 is 0. The summed E-state index contributed by atoms with van der Waals surface area (Å²) in [6, 6.07) is 6.76. The number of hydrogen-bond donors (Lipinski definition) is 2. The van der Waals surface area contributed by atoms with Gasteiger partial charge in [0, 0.05) is 32.7 Å². The minimum atomic E-state index is -0.193. The van der Waals surface area contributed by atoms with Crippen molar-refractivity contribution in [3.05, 3.63) is 41.8 Å². The highest BCUT2D eigenvalue weighted by molar-refractivity contribution is 5.37. The maximum absolute atomic E-state index is 13.6. The molecule has 1 saturated heterocycles. The summed E-state index contributed by atoms with van der Waals surface area (Å²) < 4.78 is 18.9. The number of ether oxygens (including phenoxy) is 1. The minimum Gasteiger partial charge on any atom is -0.379 e. The lowest BCUT2D eigenvalue weighted by Gasteiger charge is -2.26. The van der Waals surface area contributed by atoms with Gasteiger partial charge in [0.25, 0.3) is 0 Å². The molecule has 2 N–H and O–H groups in total. The molecule has 2 heterocycles. The lowest BCUT2D eigenvalue weighted by Crippen LogP contribution is -2.39. The zero-order chi connectivity index (χ0) is 17.3. The largest absolute Gasteiger partial charge is 0.379 e.